The van der Waals surface area contributed by atoms with Crippen LogP contribution < -0.4 is 9.47 Å². The van der Waals surface area contributed by atoms with Gasteiger partial charge in [-0.3, -0.25) is 14.5 Å². The summed E-state index contributed by atoms with van der Waals surface area (Å²) in [7, 11) is 3.25. The predicted octanol–water partition coefficient (Wildman–Crippen LogP) is 6.22. The Balaban J connectivity index is 1.88. The van der Waals surface area contributed by atoms with E-state index in [1.807, 2.05) is 12.1 Å². The minimum atomic E-state index is -0.214. The van der Waals surface area contributed by atoms with E-state index in [2.05, 4.69) is 46.8 Å². The fourth-order valence-electron chi connectivity index (χ4n) is 5.02. The summed E-state index contributed by atoms with van der Waals surface area (Å²) in [6.07, 6.45) is 2.30. The number of imide groups is 1. The maximum atomic E-state index is 12.2. The van der Waals surface area contributed by atoms with Crippen molar-refractivity contribution < 1.29 is 19.1 Å². The SMILES string of the molecule is COc1cc(OC)c(-c2cc3c(cc2C)C(C)(C)CCC3(C)C)cc1CN1C(=O)CSC1=O. The van der Waals surface area contributed by atoms with Crippen LogP contribution in [0.4, 0.5) is 4.79 Å². The average molecular weight is 468 g/mol. The van der Waals surface area contributed by atoms with E-state index in [4.69, 9.17) is 9.47 Å². The topological polar surface area (TPSA) is 55.8 Å². The van der Waals surface area contributed by atoms with Crippen LogP contribution in [0.15, 0.2) is 24.3 Å². The molecule has 6 heteroatoms. The van der Waals surface area contributed by atoms with E-state index in [0.717, 1.165) is 41.3 Å². The molecule has 0 spiro atoms. The molecular formula is C27H33NO4S. The maximum Gasteiger partial charge on any atom is 0.289 e. The molecule has 33 heavy (non-hydrogen) atoms. The van der Waals surface area contributed by atoms with Gasteiger partial charge in [0, 0.05) is 17.2 Å². The van der Waals surface area contributed by atoms with Crippen LogP contribution in [0.1, 0.15) is 62.8 Å². The molecule has 0 bridgehead atoms. The van der Waals surface area contributed by atoms with Gasteiger partial charge in [0.1, 0.15) is 11.5 Å². The molecule has 4 rings (SSSR count). The van der Waals surface area contributed by atoms with Gasteiger partial charge in [-0.25, -0.2) is 0 Å². The first-order chi connectivity index (χ1) is 15.5. The molecule has 2 aromatic carbocycles. The summed E-state index contributed by atoms with van der Waals surface area (Å²) in [5.74, 6) is 1.34. The fourth-order valence-corrected chi connectivity index (χ4v) is 5.74. The minimum Gasteiger partial charge on any atom is -0.496 e. The maximum absolute atomic E-state index is 12.2. The van der Waals surface area contributed by atoms with Gasteiger partial charge in [0.25, 0.3) is 5.24 Å². The molecule has 0 unspecified atom stereocenters. The highest BCUT2D eigenvalue weighted by molar-refractivity contribution is 8.14. The lowest BCUT2D eigenvalue weighted by molar-refractivity contribution is -0.125. The summed E-state index contributed by atoms with van der Waals surface area (Å²) in [6.45, 7) is 11.6. The van der Waals surface area contributed by atoms with E-state index < -0.39 is 0 Å². The fraction of sp³-hybridized carbons (Fsp3) is 0.481. The molecule has 176 valence electrons. The molecule has 0 aromatic heterocycles. The van der Waals surface area contributed by atoms with Gasteiger partial charge < -0.3 is 9.47 Å². The molecular weight excluding hydrogens is 434 g/mol. The lowest BCUT2D eigenvalue weighted by Gasteiger charge is -2.42. The van der Waals surface area contributed by atoms with Crippen molar-refractivity contribution in [1.82, 2.24) is 4.90 Å². The standard InChI is InChI=1S/C27H33NO4S/c1-16-10-20-21(27(4,5)9-8-26(20,2)3)12-18(16)19-11-17(22(31-6)13-23(19)32-7)14-28-24(29)15-33-25(28)30/h10-13H,8-9,14-15H2,1-7H3. The zero-order valence-electron chi connectivity index (χ0n) is 20.6. The number of hydrogen-bond acceptors (Lipinski definition) is 5. The van der Waals surface area contributed by atoms with Gasteiger partial charge in [-0.05, 0) is 65.0 Å². The number of aryl methyl sites for hydroxylation is 1. The van der Waals surface area contributed by atoms with Gasteiger partial charge in [0.2, 0.25) is 5.91 Å². The van der Waals surface area contributed by atoms with E-state index in [1.54, 1.807) is 14.2 Å². The Bertz CT molecular complexity index is 1120. The smallest absolute Gasteiger partial charge is 0.289 e. The molecule has 1 fully saturated rings. The Labute approximate surface area is 200 Å². The van der Waals surface area contributed by atoms with Crippen molar-refractivity contribution in [3.05, 3.63) is 46.5 Å². The lowest BCUT2D eigenvalue weighted by atomic mass is 9.62. The number of nitrogens with zero attached hydrogens (tertiary/aromatic N) is 1. The molecule has 0 radical (unpaired) electrons. The molecule has 5 nitrogen and oxygen atoms in total. The minimum absolute atomic E-state index is 0.0848. The largest absolute Gasteiger partial charge is 0.496 e. The second kappa shape index (κ2) is 8.39. The number of fused-ring (bicyclic) bond motifs is 1. The van der Waals surface area contributed by atoms with Crippen molar-refractivity contribution in [3.63, 3.8) is 0 Å². The van der Waals surface area contributed by atoms with E-state index >= 15 is 0 Å². The quantitative estimate of drug-likeness (QED) is 0.522. The van der Waals surface area contributed by atoms with Crippen LogP contribution in [-0.4, -0.2) is 36.0 Å². The number of amides is 2. The third kappa shape index (κ3) is 4.14. The molecule has 0 saturated carbocycles. The van der Waals surface area contributed by atoms with Crippen LogP contribution in [0.25, 0.3) is 11.1 Å². The van der Waals surface area contributed by atoms with E-state index in [0.29, 0.717) is 11.5 Å². The third-order valence-corrected chi connectivity index (χ3v) is 8.12. The molecule has 2 aromatic rings. The molecule has 0 atom stereocenters. The van der Waals surface area contributed by atoms with Crippen LogP contribution in [0.5, 0.6) is 11.5 Å². The predicted molar refractivity (Wildman–Crippen MR) is 133 cm³/mol. The van der Waals surface area contributed by atoms with Crippen LogP contribution in [0.2, 0.25) is 0 Å². The number of hydrogen-bond donors (Lipinski definition) is 0. The highest BCUT2D eigenvalue weighted by atomic mass is 32.2. The van der Waals surface area contributed by atoms with E-state index in [9.17, 15) is 9.59 Å². The van der Waals surface area contributed by atoms with Crippen molar-refractivity contribution in [2.24, 2.45) is 0 Å². The normalized spacial score (nSPS) is 18.9. The highest BCUT2D eigenvalue weighted by Gasteiger charge is 2.38. The van der Waals surface area contributed by atoms with Gasteiger partial charge in [-0.15, -0.1) is 0 Å². The number of methoxy groups -OCH3 is 2. The molecule has 0 N–H and O–H groups in total. The van der Waals surface area contributed by atoms with Crippen molar-refractivity contribution >= 4 is 22.9 Å². The first kappa shape index (κ1) is 23.7. The average Bonchev–Trinajstić information content (AvgIpc) is 3.08. The second-order valence-corrected chi connectivity index (χ2v) is 11.3. The van der Waals surface area contributed by atoms with Crippen LogP contribution in [0.3, 0.4) is 0 Å². The summed E-state index contributed by atoms with van der Waals surface area (Å²) in [5.41, 5.74) is 7.03. The number of thioether (sulfide) groups is 1. The molecule has 1 heterocycles. The summed E-state index contributed by atoms with van der Waals surface area (Å²) >= 11 is 1.04. The Kier molecular flexibility index (Phi) is 6.02. The summed E-state index contributed by atoms with van der Waals surface area (Å²) in [4.78, 5) is 25.7. The van der Waals surface area contributed by atoms with Crippen molar-refractivity contribution in [2.75, 3.05) is 20.0 Å². The number of benzene rings is 2. The monoisotopic (exact) mass is 467 g/mol. The van der Waals surface area contributed by atoms with Crippen molar-refractivity contribution in [3.8, 4) is 22.6 Å². The number of ether oxygens (including phenoxy) is 2. The Morgan fingerprint density at radius 3 is 2.03 bits per heavy atom. The van der Waals surface area contributed by atoms with Crippen LogP contribution in [-0.2, 0) is 22.2 Å². The van der Waals surface area contributed by atoms with Gasteiger partial charge in [-0.2, -0.15) is 0 Å². The molecule has 2 aliphatic rings. The van der Waals surface area contributed by atoms with Crippen molar-refractivity contribution in [1.29, 1.82) is 0 Å². The Morgan fingerprint density at radius 2 is 1.48 bits per heavy atom. The molecule has 2 amide bonds. The van der Waals surface area contributed by atoms with E-state index in [-0.39, 0.29) is 34.3 Å². The first-order valence-electron chi connectivity index (χ1n) is 11.4. The van der Waals surface area contributed by atoms with E-state index in [1.165, 1.54) is 21.6 Å². The summed E-state index contributed by atoms with van der Waals surface area (Å²) in [5, 5.41) is -0.214. The molecule has 1 aliphatic carbocycles. The number of rotatable bonds is 5. The van der Waals surface area contributed by atoms with Crippen LogP contribution >= 0.6 is 11.8 Å². The summed E-state index contributed by atoms with van der Waals surface area (Å²) in [6, 6.07) is 8.52. The summed E-state index contributed by atoms with van der Waals surface area (Å²) < 4.78 is 11.4. The number of carbonyl (C=O) groups excluding carboxylic acids is 2. The van der Waals surface area contributed by atoms with Crippen molar-refractivity contribution in [2.45, 2.75) is 64.8 Å². The second-order valence-electron chi connectivity index (χ2n) is 10.4. The first-order valence-corrected chi connectivity index (χ1v) is 12.3. The van der Waals surface area contributed by atoms with Gasteiger partial charge in [-0.1, -0.05) is 45.5 Å². The third-order valence-electron chi connectivity index (χ3n) is 7.26. The van der Waals surface area contributed by atoms with Gasteiger partial charge in [0.05, 0.1) is 26.5 Å². The Hall–Kier alpha value is -2.47. The van der Waals surface area contributed by atoms with Crippen LogP contribution in [0, 0.1) is 6.92 Å². The highest BCUT2D eigenvalue weighted by Crippen LogP contribution is 2.49. The van der Waals surface area contributed by atoms with Gasteiger partial charge >= 0.3 is 0 Å². The zero-order valence-corrected chi connectivity index (χ0v) is 21.4. The number of carbonyl (C=O) groups is 2. The zero-order chi connectivity index (χ0) is 24.1. The molecule has 1 aliphatic heterocycles. The lowest BCUT2D eigenvalue weighted by Crippen LogP contribution is -2.34. The molecule has 1 saturated heterocycles. The Morgan fingerprint density at radius 1 is 0.879 bits per heavy atom. The van der Waals surface area contributed by atoms with Gasteiger partial charge in [0.15, 0.2) is 0 Å².